The molecule has 0 aliphatic rings. The molecule has 0 saturated carbocycles. The van der Waals surface area contributed by atoms with Gasteiger partial charge in [0.15, 0.2) is 0 Å². The van der Waals surface area contributed by atoms with Crippen LogP contribution in [0.3, 0.4) is 0 Å². The van der Waals surface area contributed by atoms with Crippen LogP contribution in [0.15, 0.2) is 91.3 Å². The second-order valence-electron chi connectivity index (χ2n) is 6.49. The van der Waals surface area contributed by atoms with Gasteiger partial charge in [0.25, 0.3) is 0 Å². The lowest BCUT2D eigenvalue weighted by Crippen LogP contribution is -1.93. The third-order valence-corrected chi connectivity index (χ3v) is 4.22. The molecule has 4 nitrogen and oxygen atoms in total. The maximum atomic E-state index is 5.83. The minimum atomic E-state index is 0.584. The molecule has 0 N–H and O–H groups in total. The van der Waals surface area contributed by atoms with E-state index in [-0.39, 0.29) is 0 Å². The molecule has 0 spiro atoms. The summed E-state index contributed by atoms with van der Waals surface area (Å²) < 4.78 is 11.5. The molecular weight excluding hydrogens is 348 g/mol. The summed E-state index contributed by atoms with van der Waals surface area (Å²) in [5.41, 5.74) is 3.35. The van der Waals surface area contributed by atoms with Gasteiger partial charge in [-0.15, -0.1) is 0 Å². The summed E-state index contributed by atoms with van der Waals surface area (Å²) in [6.07, 6.45) is 4.21. The average Bonchev–Trinajstić information content (AvgIpc) is 2.73. The maximum absolute atomic E-state index is 5.83. The molecule has 2 heterocycles. The minimum absolute atomic E-state index is 0.584. The van der Waals surface area contributed by atoms with Crippen LogP contribution in [-0.4, -0.2) is 9.97 Å². The van der Waals surface area contributed by atoms with E-state index in [1.54, 1.807) is 12.4 Å². The van der Waals surface area contributed by atoms with Gasteiger partial charge >= 0.3 is 0 Å². The van der Waals surface area contributed by atoms with Gasteiger partial charge in [-0.1, -0.05) is 35.9 Å². The smallest absolute Gasteiger partial charge is 0.219 e. The van der Waals surface area contributed by atoms with Crippen LogP contribution in [-0.2, 0) is 6.42 Å². The van der Waals surface area contributed by atoms with Crippen LogP contribution in [0.1, 0.15) is 16.8 Å². The van der Waals surface area contributed by atoms with Crippen molar-refractivity contribution in [3.05, 3.63) is 108 Å². The molecule has 0 amide bonds. The molecule has 4 rings (SSSR count). The molecule has 138 valence electrons. The first-order valence-corrected chi connectivity index (χ1v) is 9.12. The van der Waals surface area contributed by atoms with E-state index in [4.69, 9.17) is 9.47 Å². The van der Waals surface area contributed by atoms with Crippen LogP contribution in [0.4, 0.5) is 0 Å². The van der Waals surface area contributed by atoms with Crippen molar-refractivity contribution >= 4 is 0 Å². The molecule has 0 aliphatic heterocycles. The number of hydrogen-bond donors (Lipinski definition) is 0. The molecule has 2 aromatic heterocycles. The molecule has 0 aliphatic carbocycles. The number of aromatic nitrogens is 2. The lowest BCUT2D eigenvalue weighted by Gasteiger charge is -2.08. The molecule has 0 bridgehead atoms. The Kier molecular flexibility index (Phi) is 5.29. The third-order valence-electron chi connectivity index (χ3n) is 4.22. The Morgan fingerprint density at radius 2 is 1.39 bits per heavy atom. The van der Waals surface area contributed by atoms with Gasteiger partial charge in [-0.3, -0.25) is 4.98 Å². The predicted molar refractivity (Wildman–Crippen MR) is 109 cm³/mol. The Morgan fingerprint density at radius 3 is 2.07 bits per heavy atom. The standard InChI is InChI=1S/C24H20N2O2/c1-18-5-10-21(11-6-18)27-23-14-9-20(26-17-23)16-19-7-12-22(13-8-19)28-24-4-2-3-15-25-24/h2-15,17H,16H2,1H3. The number of ether oxygens (including phenoxy) is 2. The van der Waals surface area contributed by atoms with Gasteiger partial charge in [0.2, 0.25) is 5.88 Å². The number of benzene rings is 2. The Hall–Kier alpha value is -3.66. The summed E-state index contributed by atoms with van der Waals surface area (Å²) >= 11 is 0. The van der Waals surface area contributed by atoms with E-state index in [1.807, 2.05) is 78.9 Å². The van der Waals surface area contributed by atoms with E-state index in [1.165, 1.54) is 5.56 Å². The molecule has 0 fully saturated rings. The largest absolute Gasteiger partial charge is 0.456 e. The summed E-state index contributed by atoms with van der Waals surface area (Å²) in [4.78, 5) is 8.67. The molecular formula is C24H20N2O2. The highest BCUT2D eigenvalue weighted by Crippen LogP contribution is 2.23. The highest BCUT2D eigenvalue weighted by atomic mass is 16.5. The van der Waals surface area contributed by atoms with Crippen LogP contribution in [0.25, 0.3) is 0 Å². The zero-order valence-electron chi connectivity index (χ0n) is 15.6. The van der Waals surface area contributed by atoms with E-state index in [2.05, 4.69) is 16.9 Å². The molecule has 0 saturated heterocycles. The van der Waals surface area contributed by atoms with Gasteiger partial charge in [0.05, 0.1) is 6.20 Å². The topological polar surface area (TPSA) is 44.2 Å². The van der Waals surface area contributed by atoms with Gasteiger partial charge < -0.3 is 9.47 Å². The zero-order valence-corrected chi connectivity index (χ0v) is 15.6. The molecule has 0 radical (unpaired) electrons. The van der Waals surface area contributed by atoms with E-state index < -0.39 is 0 Å². The van der Waals surface area contributed by atoms with E-state index in [0.717, 1.165) is 34.9 Å². The fourth-order valence-corrected chi connectivity index (χ4v) is 2.73. The van der Waals surface area contributed by atoms with Crippen LogP contribution < -0.4 is 9.47 Å². The number of nitrogens with zero attached hydrogens (tertiary/aromatic N) is 2. The summed E-state index contributed by atoms with van der Waals surface area (Å²) in [6, 6.07) is 25.5. The van der Waals surface area contributed by atoms with E-state index >= 15 is 0 Å². The Balaban J connectivity index is 1.36. The number of aryl methyl sites for hydroxylation is 1. The van der Waals surface area contributed by atoms with Crippen LogP contribution >= 0.6 is 0 Å². The average molecular weight is 368 g/mol. The summed E-state index contributed by atoms with van der Waals surface area (Å²) in [5.74, 6) is 2.88. The second kappa shape index (κ2) is 8.35. The Labute approximate surface area is 164 Å². The summed E-state index contributed by atoms with van der Waals surface area (Å²) in [7, 11) is 0. The first kappa shape index (κ1) is 17.7. The lowest BCUT2D eigenvalue weighted by atomic mass is 10.1. The van der Waals surface area contributed by atoms with Crippen molar-refractivity contribution < 1.29 is 9.47 Å². The van der Waals surface area contributed by atoms with Gasteiger partial charge in [0, 0.05) is 24.4 Å². The second-order valence-corrected chi connectivity index (χ2v) is 6.49. The zero-order chi connectivity index (χ0) is 19.2. The van der Waals surface area contributed by atoms with Crippen molar-refractivity contribution in [3.8, 4) is 23.1 Å². The summed E-state index contributed by atoms with van der Waals surface area (Å²) in [5, 5.41) is 0. The fraction of sp³-hybridized carbons (Fsp3) is 0.0833. The minimum Gasteiger partial charge on any atom is -0.456 e. The van der Waals surface area contributed by atoms with Gasteiger partial charge in [-0.05, 0) is 55.0 Å². The third kappa shape index (κ3) is 4.74. The van der Waals surface area contributed by atoms with E-state index in [0.29, 0.717) is 5.88 Å². The number of pyridine rings is 2. The van der Waals surface area contributed by atoms with Crippen LogP contribution in [0.5, 0.6) is 23.1 Å². The van der Waals surface area contributed by atoms with Crippen molar-refractivity contribution in [1.29, 1.82) is 0 Å². The molecule has 4 heteroatoms. The molecule has 4 aromatic rings. The maximum Gasteiger partial charge on any atom is 0.219 e. The van der Waals surface area contributed by atoms with Gasteiger partial charge in [0.1, 0.15) is 17.2 Å². The van der Waals surface area contributed by atoms with Crippen molar-refractivity contribution in [3.63, 3.8) is 0 Å². The Bertz CT molecular complexity index is 1010. The highest BCUT2D eigenvalue weighted by Gasteiger charge is 2.03. The van der Waals surface area contributed by atoms with Crippen LogP contribution in [0, 0.1) is 6.92 Å². The van der Waals surface area contributed by atoms with Crippen molar-refractivity contribution in [2.24, 2.45) is 0 Å². The molecule has 0 unspecified atom stereocenters. The van der Waals surface area contributed by atoms with Gasteiger partial charge in [-0.25, -0.2) is 4.98 Å². The summed E-state index contributed by atoms with van der Waals surface area (Å²) in [6.45, 7) is 2.05. The highest BCUT2D eigenvalue weighted by molar-refractivity contribution is 5.34. The first-order valence-electron chi connectivity index (χ1n) is 9.12. The normalized spacial score (nSPS) is 10.5. The number of rotatable bonds is 6. The van der Waals surface area contributed by atoms with Gasteiger partial charge in [-0.2, -0.15) is 0 Å². The van der Waals surface area contributed by atoms with Crippen molar-refractivity contribution in [2.75, 3.05) is 0 Å². The lowest BCUT2D eigenvalue weighted by molar-refractivity contribution is 0.463. The van der Waals surface area contributed by atoms with Crippen LogP contribution in [0.2, 0.25) is 0 Å². The SMILES string of the molecule is Cc1ccc(Oc2ccc(Cc3ccc(Oc4ccccn4)cc3)nc2)cc1. The predicted octanol–water partition coefficient (Wildman–Crippen LogP) is 5.96. The van der Waals surface area contributed by atoms with Crippen molar-refractivity contribution in [1.82, 2.24) is 9.97 Å². The molecule has 0 atom stereocenters. The quantitative estimate of drug-likeness (QED) is 0.421. The monoisotopic (exact) mass is 368 g/mol. The number of hydrogen-bond acceptors (Lipinski definition) is 4. The van der Waals surface area contributed by atoms with E-state index in [9.17, 15) is 0 Å². The molecule has 28 heavy (non-hydrogen) atoms. The first-order chi connectivity index (χ1) is 13.7. The molecule has 2 aromatic carbocycles. The van der Waals surface area contributed by atoms with Crippen molar-refractivity contribution in [2.45, 2.75) is 13.3 Å². The Morgan fingerprint density at radius 1 is 0.679 bits per heavy atom. The fourth-order valence-electron chi connectivity index (χ4n) is 2.73.